The Kier molecular flexibility index (Phi) is 5.08. The molecule has 6 rings (SSSR count). The number of thiazole rings is 1. The number of para-hydroxylation sites is 1. The van der Waals surface area contributed by atoms with Gasteiger partial charge in [0, 0.05) is 5.41 Å². The number of benzene rings is 1. The third-order valence-electron chi connectivity index (χ3n) is 7.40. The molecule has 4 aliphatic rings. The molecule has 1 N–H and O–H groups in total. The second-order valence-corrected chi connectivity index (χ2v) is 11.2. The topological polar surface area (TPSA) is 68.3 Å². The first kappa shape index (κ1) is 20.0. The van der Waals surface area contributed by atoms with Gasteiger partial charge in [0.25, 0.3) is 0 Å². The van der Waals surface area contributed by atoms with Crippen LogP contribution < -0.4 is 5.32 Å². The van der Waals surface area contributed by atoms with Crippen LogP contribution in [0, 0.1) is 29.1 Å². The maximum atomic E-state index is 13.4. The number of carbonyl (C=O) groups excluding carboxylic acids is 2. The van der Waals surface area contributed by atoms with E-state index >= 15 is 0 Å². The number of esters is 1. The number of ether oxygens (including phenoxy) is 1. The smallest absolute Gasteiger partial charge is 0.329 e. The second-order valence-electron chi connectivity index (χ2n) is 10.1. The van der Waals surface area contributed by atoms with Crippen LogP contribution in [0.2, 0.25) is 0 Å². The largest absolute Gasteiger partial charge is 0.457 e. The normalized spacial score (nSPS) is 30.6. The fraction of sp³-hybridized carbons (Fsp3) is 0.625. The van der Waals surface area contributed by atoms with Crippen molar-refractivity contribution in [2.75, 3.05) is 0 Å². The summed E-state index contributed by atoms with van der Waals surface area (Å²) < 4.78 is 6.68. The number of nitrogens with one attached hydrogen (secondary N) is 1. The zero-order chi connectivity index (χ0) is 20.9. The van der Waals surface area contributed by atoms with Crippen LogP contribution in [-0.2, 0) is 20.9 Å². The van der Waals surface area contributed by atoms with E-state index < -0.39 is 6.04 Å². The lowest BCUT2D eigenvalue weighted by atomic mass is 9.49. The summed E-state index contributed by atoms with van der Waals surface area (Å²) in [6, 6.07) is 7.29. The Morgan fingerprint density at radius 3 is 2.37 bits per heavy atom. The van der Waals surface area contributed by atoms with Crippen molar-refractivity contribution in [1.82, 2.24) is 10.3 Å². The molecule has 4 fully saturated rings. The Morgan fingerprint density at radius 1 is 1.13 bits per heavy atom. The van der Waals surface area contributed by atoms with Crippen molar-refractivity contribution in [3.05, 3.63) is 29.3 Å². The predicted octanol–water partition coefficient (Wildman–Crippen LogP) is 4.70. The summed E-state index contributed by atoms with van der Waals surface area (Å²) in [6.45, 7) is 4.07. The number of rotatable bonds is 6. The highest BCUT2D eigenvalue weighted by atomic mass is 32.1. The van der Waals surface area contributed by atoms with E-state index in [1.54, 1.807) is 0 Å². The molecule has 1 amide bonds. The molecule has 0 radical (unpaired) electrons. The number of nitrogens with zero attached hydrogens (tertiary/aromatic N) is 1. The van der Waals surface area contributed by atoms with Crippen molar-refractivity contribution in [3.8, 4) is 0 Å². The predicted molar refractivity (Wildman–Crippen MR) is 117 cm³/mol. The molecule has 160 valence electrons. The van der Waals surface area contributed by atoms with Gasteiger partial charge < -0.3 is 10.1 Å². The van der Waals surface area contributed by atoms with Gasteiger partial charge in [-0.2, -0.15) is 0 Å². The van der Waals surface area contributed by atoms with Crippen molar-refractivity contribution >= 4 is 33.4 Å². The molecule has 0 spiro atoms. The van der Waals surface area contributed by atoms with Crippen LogP contribution in [0.3, 0.4) is 0 Å². The van der Waals surface area contributed by atoms with Gasteiger partial charge in [-0.3, -0.25) is 4.79 Å². The van der Waals surface area contributed by atoms with E-state index in [0.717, 1.165) is 34.5 Å². The molecule has 2 aromatic rings. The van der Waals surface area contributed by atoms with E-state index in [0.29, 0.717) is 17.8 Å². The third kappa shape index (κ3) is 3.64. The van der Waals surface area contributed by atoms with Gasteiger partial charge in [-0.25, -0.2) is 9.78 Å². The van der Waals surface area contributed by atoms with Gasteiger partial charge in [0.15, 0.2) is 0 Å². The summed E-state index contributed by atoms with van der Waals surface area (Å²) in [5.74, 6) is 1.80. The summed E-state index contributed by atoms with van der Waals surface area (Å²) >= 11 is 1.54. The number of aromatic nitrogens is 1. The van der Waals surface area contributed by atoms with E-state index in [1.165, 1.54) is 30.6 Å². The number of amides is 1. The minimum absolute atomic E-state index is 0.0225. The Labute approximate surface area is 181 Å². The van der Waals surface area contributed by atoms with Crippen LogP contribution >= 0.6 is 11.3 Å². The lowest BCUT2D eigenvalue weighted by Gasteiger charge is -2.55. The second kappa shape index (κ2) is 7.63. The SMILES string of the molecule is CC(C)[C@@H](NC(=O)C12CC3CC(CC(C3)C1)C2)C(=O)OCc1nc2ccccc2s1. The lowest BCUT2D eigenvalue weighted by molar-refractivity contribution is -0.156. The number of hydrogen-bond donors (Lipinski definition) is 1. The number of carbonyl (C=O) groups is 2. The van der Waals surface area contributed by atoms with E-state index in [1.807, 2.05) is 38.1 Å². The van der Waals surface area contributed by atoms with E-state index in [-0.39, 0.29) is 29.8 Å². The quantitative estimate of drug-likeness (QED) is 0.680. The highest BCUT2D eigenvalue weighted by Gasteiger charge is 2.55. The first-order valence-electron chi connectivity index (χ1n) is 11.2. The summed E-state index contributed by atoms with van der Waals surface area (Å²) in [6.07, 6.45) is 6.88. The molecular formula is C24H30N2O3S. The zero-order valence-corrected chi connectivity index (χ0v) is 18.5. The molecule has 0 unspecified atom stereocenters. The van der Waals surface area contributed by atoms with Gasteiger partial charge in [-0.15, -0.1) is 11.3 Å². The fourth-order valence-corrected chi connectivity index (χ4v) is 7.27. The van der Waals surface area contributed by atoms with Crippen molar-refractivity contribution in [2.24, 2.45) is 29.1 Å². The Morgan fingerprint density at radius 2 is 1.77 bits per heavy atom. The standard InChI is InChI=1S/C24H30N2O3S/c1-14(2)21(22(27)29-13-20-25-18-5-3-4-6-19(18)30-20)26-23(28)24-10-15-7-16(11-24)9-17(8-15)12-24/h3-6,14-17,21H,7-13H2,1-2H3,(H,26,28)/t15?,16?,17?,21-,24?/m1/s1. The Bertz CT molecular complexity index is 898. The summed E-state index contributed by atoms with van der Waals surface area (Å²) in [5.41, 5.74) is 0.666. The Hall–Kier alpha value is -1.95. The molecule has 4 saturated carbocycles. The molecule has 1 aromatic carbocycles. The molecule has 1 aromatic heterocycles. The van der Waals surface area contributed by atoms with E-state index in [9.17, 15) is 9.59 Å². The molecule has 0 saturated heterocycles. The van der Waals surface area contributed by atoms with Gasteiger partial charge in [0.1, 0.15) is 17.7 Å². The van der Waals surface area contributed by atoms with Crippen molar-refractivity contribution < 1.29 is 14.3 Å². The van der Waals surface area contributed by atoms with Gasteiger partial charge in [0.05, 0.1) is 10.2 Å². The van der Waals surface area contributed by atoms with Crippen molar-refractivity contribution in [3.63, 3.8) is 0 Å². The van der Waals surface area contributed by atoms with Crippen molar-refractivity contribution in [2.45, 2.75) is 65.0 Å². The maximum Gasteiger partial charge on any atom is 0.329 e. The van der Waals surface area contributed by atoms with Crippen LogP contribution in [-0.4, -0.2) is 22.9 Å². The first-order valence-corrected chi connectivity index (χ1v) is 12.1. The molecule has 0 aliphatic heterocycles. The fourth-order valence-electron chi connectivity index (χ4n) is 6.39. The van der Waals surface area contributed by atoms with Crippen LogP contribution in [0.15, 0.2) is 24.3 Å². The lowest BCUT2D eigenvalue weighted by Crippen LogP contribution is -2.57. The third-order valence-corrected chi connectivity index (χ3v) is 8.41. The van der Waals surface area contributed by atoms with E-state index in [2.05, 4.69) is 10.3 Å². The monoisotopic (exact) mass is 426 g/mol. The van der Waals surface area contributed by atoms with Crippen molar-refractivity contribution in [1.29, 1.82) is 0 Å². The molecule has 1 heterocycles. The summed E-state index contributed by atoms with van der Waals surface area (Å²) in [5, 5.41) is 3.88. The minimum atomic E-state index is -0.611. The Balaban J connectivity index is 1.24. The minimum Gasteiger partial charge on any atom is -0.457 e. The average Bonchev–Trinajstić information content (AvgIpc) is 3.12. The maximum absolute atomic E-state index is 13.4. The molecule has 5 nitrogen and oxygen atoms in total. The molecular weight excluding hydrogens is 396 g/mol. The van der Waals surface area contributed by atoms with Crippen LogP contribution in [0.25, 0.3) is 10.2 Å². The van der Waals surface area contributed by atoms with E-state index in [4.69, 9.17) is 4.74 Å². The van der Waals surface area contributed by atoms with Crippen LogP contribution in [0.4, 0.5) is 0 Å². The summed E-state index contributed by atoms with van der Waals surface area (Å²) in [7, 11) is 0. The average molecular weight is 427 g/mol. The summed E-state index contributed by atoms with van der Waals surface area (Å²) in [4.78, 5) is 30.8. The zero-order valence-electron chi connectivity index (χ0n) is 17.7. The van der Waals surface area contributed by atoms with Gasteiger partial charge >= 0.3 is 5.97 Å². The molecule has 4 bridgehead atoms. The highest BCUT2D eigenvalue weighted by molar-refractivity contribution is 7.18. The highest BCUT2D eigenvalue weighted by Crippen LogP contribution is 2.60. The molecule has 6 heteroatoms. The number of fused-ring (bicyclic) bond motifs is 1. The van der Waals surface area contributed by atoms with Gasteiger partial charge in [-0.1, -0.05) is 26.0 Å². The number of hydrogen-bond acceptors (Lipinski definition) is 5. The molecule has 4 aliphatic carbocycles. The molecule has 30 heavy (non-hydrogen) atoms. The first-order chi connectivity index (χ1) is 14.4. The van der Waals surface area contributed by atoms with Gasteiger partial charge in [-0.05, 0) is 74.3 Å². The van der Waals surface area contributed by atoms with Crippen LogP contribution in [0.1, 0.15) is 57.4 Å². The molecule has 1 atom stereocenters. The van der Waals surface area contributed by atoms with Gasteiger partial charge in [0.2, 0.25) is 5.91 Å². The van der Waals surface area contributed by atoms with Crippen LogP contribution in [0.5, 0.6) is 0 Å².